The Hall–Kier alpha value is -2.86. The van der Waals surface area contributed by atoms with Gasteiger partial charge in [0.1, 0.15) is 0 Å². The Labute approximate surface area is 198 Å². The van der Waals surface area contributed by atoms with Crippen LogP contribution in [0.3, 0.4) is 0 Å². The smallest absolute Gasteiger partial charge is 0.223 e. The summed E-state index contributed by atoms with van der Waals surface area (Å²) in [6.45, 7) is 9.23. The van der Waals surface area contributed by atoms with E-state index in [1.807, 2.05) is 17.0 Å². The average Bonchev–Trinajstić information content (AvgIpc) is 3.51. The van der Waals surface area contributed by atoms with E-state index in [2.05, 4.69) is 58.9 Å². The molecule has 0 spiro atoms. The molecule has 6 heteroatoms. The first-order valence-corrected chi connectivity index (χ1v) is 12.4. The van der Waals surface area contributed by atoms with Gasteiger partial charge in [0.15, 0.2) is 5.96 Å². The Balaban J connectivity index is 1.19. The fraction of sp³-hybridized carbons (Fsp3) is 0.481. The van der Waals surface area contributed by atoms with Crippen LogP contribution < -0.4 is 10.6 Å². The third-order valence-corrected chi connectivity index (χ3v) is 6.45. The summed E-state index contributed by atoms with van der Waals surface area (Å²) in [5, 5.41) is 6.68. The minimum Gasteiger partial charge on any atom is -0.357 e. The molecule has 0 unspecified atom stereocenters. The van der Waals surface area contributed by atoms with Crippen molar-refractivity contribution in [1.82, 2.24) is 20.4 Å². The minimum absolute atomic E-state index is 0.226. The number of hydrogen-bond donors (Lipinski definition) is 2. The van der Waals surface area contributed by atoms with Crippen LogP contribution in [0.25, 0.3) is 0 Å². The van der Waals surface area contributed by atoms with E-state index >= 15 is 0 Å². The molecule has 2 N–H and O–H groups in total. The third-order valence-electron chi connectivity index (χ3n) is 6.45. The Bertz CT molecular complexity index is 909. The van der Waals surface area contributed by atoms with Crippen molar-refractivity contribution in [1.29, 1.82) is 0 Å². The van der Waals surface area contributed by atoms with E-state index in [0.29, 0.717) is 13.0 Å². The lowest BCUT2D eigenvalue weighted by Gasteiger charge is -2.16. The van der Waals surface area contributed by atoms with Crippen molar-refractivity contribution in [2.24, 2.45) is 4.99 Å². The van der Waals surface area contributed by atoms with Gasteiger partial charge in [-0.1, -0.05) is 48.5 Å². The van der Waals surface area contributed by atoms with Crippen molar-refractivity contribution < 1.29 is 4.79 Å². The van der Waals surface area contributed by atoms with Crippen LogP contribution in [-0.2, 0) is 31.0 Å². The van der Waals surface area contributed by atoms with Crippen LogP contribution in [-0.4, -0.2) is 47.8 Å². The lowest BCUT2D eigenvalue weighted by molar-refractivity contribution is -0.131. The molecule has 2 aliphatic rings. The fourth-order valence-electron chi connectivity index (χ4n) is 4.58. The molecule has 1 fully saturated rings. The van der Waals surface area contributed by atoms with Crippen molar-refractivity contribution in [2.45, 2.75) is 58.8 Å². The van der Waals surface area contributed by atoms with E-state index in [1.165, 1.54) is 48.2 Å². The van der Waals surface area contributed by atoms with Gasteiger partial charge >= 0.3 is 0 Å². The van der Waals surface area contributed by atoms with Gasteiger partial charge in [0.2, 0.25) is 5.91 Å². The molecule has 0 saturated carbocycles. The molecule has 0 bridgehead atoms. The molecule has 0 radical (unpaired) electrons. The molecule has 6 nitrogen and oxygen atoms in total. The van der Waals surface area contributed by atoms with Crippen molar-refractivity contribution in [3.63, 3.8) is 0 Å². The second kappa shape index (κ2) is 11.8. The van der Waals surface area contributed by atoms with Gasteiger partial charge in [-0.25, -0.2) is 4.99 Å². The zero-order chi connectivity index (χ0) is 22.9. The predicted octanol–water partition coefficient (Wildman–Crippen LogP) is 3.66. The van der Waals surface area contributed by atoms with Crippen molar-refractivity contribution in [2.75, 3.05) is 26.2 Å². The van der Waals surface area contributed by atoms with Crippen LogP contribution in [0, 0.1) is 0 Å². The zero-order valence-electron chi connectivity index (χ0n) is 19.9. The van der Waals surface area contributed by atoms with Gasteiger partial charge in [0, 0.05) is 39.1 Å². The zero-order valence-corrected chi connectivity index (χ0v) is 19.9. The van der Waals surface area contributed by atoms with Gasteiger partial charge in [0.05, 0.1) is 6.54 Å². The summed E-state index contributed by atoms with van der Waals surface area (Å²) in [5.74, 6) is 1.03. The fourth-order valence-corrected chi connectivity index (χ4v) is 4.58. The summed E-state index contributed by atoms with van der Waals surface area (Å²) in [6.07, 6.45) is 4.00. The largest absolute Gasteiger partial charge is 0.357 e. The Kier molecular flexibility index (Phi) is 8.36. The van der Waals surface area contributed by atoms with E-state index in [0.717, 1.165) is 45.1 Å². The van der Waals surface area contributed by atoms with Crippen molar-refractivity contribution >= 4 is 11.9 Å². The number of nitrogens with one attached hydrogen (secondary N) is 2. The van der Waals surface area contributed by atoms with Crippen LogP contribution in [0.4, 0.5) is 0 Å². The van der Waals surface area contributed by atoms with Crippen LogP contribution in [0.5, 0.6) is 0 Å². The highest BCUT2D eigenvalue weighted by Crippen LogP contribution is 2.22. The van der Waals surface area contributed by atoms with Gasteiger partial charge in [-0.2, -0.15) is 0 Å². The SMILES string of the molecule is CCNC(=NCc1ccc(CN2CCCC2)cc1)NCCCC(=O)N1Cc2ccccc2C1. The first-order chi connectivity index (χ1) is 16.2. The number of carbonyl (C=O) groups is 1. The second-order valence-electron chi connectivity index (χ2n) is 9.04. The number of rotatable bonds is 9. The summed E-state index contributed by atoms with van der Waals surface area (Å²) < 4.78 is 0. The Morgan fingerprint density at radius 1 is 0.939 bits per heavy atom. The molecule has 0 aliphatic carbocycles. The summed E-state index contributed by atoms with van der Waals surface area (Å²) in [7, 11) is 0. The average molecular weight is 448 g/mol. The Morgan fingerprint density at radius 3 is 2.27 bits per heavy atom. The number of amides is 1. The van der Waals surface area contributed by atoms with Crippen LogP contribution in [0.2, 0.25) is 0 Å². The van der Waals surface area contributed by atoms with E-state index in [9.17, 15) is 4.79 Å². The first kappa shape index (κ1) is 23.3. The van der Waals surface area contributed by atoms with E-state index in [1.54, 1.807) is 0 Å². The lowest BCUT2D eigenvalue weighted by Crippen LogP contribution is -2.38. The minimum atomic E-state index is 0.226. The lowest BCUT2D eigenvalue weighted by atomic mass is 10.1. The number of benzene rings is 2. The van der Waals surface area contributed by atoms with Gasteiger partial charge in [-0.05, 0) is 61.5 Å². The summed E-state index contributed by atoms with van der Waals surface area (Å²) in [6, 6.07) is 17.1. The molecule has 2 aromatic rings. The summed E-state index contributed by atoms with van der Waals surface area (Å²) in [5.41, 5.74) is 5.13. The summed E-state index contributed by atoms with van der Waals surface area (Å²) in [4.78, 5) is 21.8. The standard InChI is InChI=1S/C27H37N5O/c1-2-28-27(30-18-22-11-13-23(14-12-22)19-31-16-5-6-17-31)29-15-7-10-26(33)32-20-24-8-3-4-9-25(24)21-32/h3-4,8-9,11-14H,2,5-7,10,15-21H2,1H3,(H2,28,29,30). The topological polar surface area (TPSA) is 60.0 Å². The van der Waals surface area contributed by atoms with Gasteiger partial charge in [-0.3, -0.25) is 9.69 Å². The van der Waals surface area contributed by atoms with Gasteiger partial charge in [0.25, 0.3) is 0 Å². The molecule has 2 heterocycles. The molecule has 1 saturated heterocycles. The molecule has 2 aromatic carbocycles. The second-order valence-corrected chi connectivity index (χ2v) is 9.04. The molecule has 176 valence electrons. The number of carbonyl (C=O) groups excluding carboxylic acids is 1. The molecule has 0 atom stereocenters. The quantitative estimate of drug-likeness (QED) is 0.350. The van der Waals surface area contributed by atoms with E-state index < -0.39 is 0 Å². The Morgan fingerprint density at radius 2 is 1.61 bits per heavy atom. The number of likely N-dealkylation sites (tertiary alicyclic amines) is 1. The maximum atomic E-state index is 12.6. The highest BCUT2D eigenvalue weighted by Gasteiger charge is 2.22. The van der Waals surface area contributed by atoms with E-state index in [4.69, 9.17) is 4.99 Å². The first-order valence-electron chi connectivity index (χ1n) is 12.4. The molecule has 33 heavy (non-hydrogen) atoms. The number of aliphatic imine (C=N–C) groups is 1. The normalized spacial score (nSPS) is 16.2. The highest BCUT2D eigenvalue weighted by atomic mass is 16.2. The van der Waals surface area contributed by atoms with Crippen molar-refractivity contribution in [3.8, 4) is 0 Å². The third kappa shape index (κ3) is 6.81. The maximum Gasteiger partial charge on any atom is 0.223 e. The molecular formula is C27H37N5O. The number of nitrogens with zero attached hydrogens (tertiary/aromatic N) is 3. The van der Waals surface area contributed by atoms with Crippen molar-refractivity contribution in [3.05, 3.63) is 70.8 Å². The number of hydrogen-bond acceptors (Lipinski definition) is 3. The van der Waals surface area contributed by atoms with Crippen LogP contribution >= 0.6 is 0 Å². The van der Waals surface area contributed by atoms with Crippen LogP contribution in [0.1, 0.15) is 54.9 Å². The highest BCUT2D eigenvalue weighted by molar-refractivity contribution is 5.80. The maximum absolute atomic E-state index is 12.6. The van der Waals surface area contributed by atoms with Gasteiger partial charge in [-0.15, -0.1) is 0 Å². The van der Waals surface area contributed by atoms with E-state index in [-0.39, 0.29) is 5.91 Å². The van der Waals surface area contributed by atoms with Crippen LogP contribution in [0.15, 0.2) is 53.5 Å². The molecule has 4 rings (SSSR count). The number of fused-ring (bicyclic) bond motifs is 1. The molecule has 1 amide bonds. The molecular weight excluding hydrogens is 410 g/mol. The number of guanidine groups is 1. The molecule has 2 aliphatic heterocycles. The predicted molar refractivity (Wildman–Crippen MR) is 134 cm³/mol. The summed E-state index contributed by atoms with van der Waals surface area (Å²) >= 11 is 0. The van der Waals surface area contributed by atoms with Gasteiger partial charge < -0.3 is 15.5 Å². The monoisotopic (exact) mass is 447 g/mol. The molecule has 0 aromatic heterocycles.